The maximum Gasteiger partial charge on any atom is 0.0525 e. The lowest BCUT2D eigenvalue weighted by molar-refractivity contribution is 0.563. The average molecular weight is 230 g/mol. The lowest BCUT2D eigenvalue weighted by Gasteiger charge is -1.96. The van der Waals surface area contributed by atoms with Gasteiger partial charge in [-0.15, -0.1) is 0 Å². The number of aryl methyl sites for hydroxylation is 1. The summed E-state index contributed by atoms with van der Waals surface area (Å²) in [5.74, 6) is 0.880. The molecule has 0 bridgehead atoms. The molecule has 1 aliphatic rings. The van der Waals surface area contributed by atoms with Gasteiger partial charge < -0.3 is 0 Å². The number of hydrogen-bond acceptors (Lipinski definition) is 2. The van der Waals surface area contributed by atoms with Gasteiger partial charge in [-0.3, -0.25) is 9.36 Å². The van der Waals surface area contributed by atoms with E-state index in [-0.39, 0.29) is 0 Å². The van der Waals surface area contributed by atoms with E-state index in [0.29, 0.717) is 0 Å². The zero-order valence-corrected chi connectivity index (χ0v) is 10.2. The Balaban J connectivity index is 1.65. The van der Waals surface area contributed by atoms with Crippen LogP contribution in [-0.4, -0.2) is 19.6 Å². The normalized spacial score (nSPS) is 15.4. The largest absolute Gasteiger partial charge is 0.273 e. The van der Waals surface area contributed by atoms with E-state index in [1.165, 1.54) is 24.0 Å². The average Bonchev–Trinajstić information content (AvgIpc) is 2.86. The maximum atomic E-state index is 4.41. The number of rotatable bonds is 5. The van der Waals surface area contributed by atoms with Gasteiger partial charge in [-0.05, 0) is 36.8 Å². The molecule has 2 heterocycles. The molecule has 1 aliphatic carbocycles. The predicted molar refractivity (Wildman–Crippen MR) is 65.7 cm³/mol. The van der Waals surface area contributed by atoms with E-state index >= 15 is 0 Å². The molecule has 4 heteroatoms. The molecule has 0 saturated heterocycles. The zero-order chi connectivity index (χ0) is 11.7. The Morgan fingerprint density at radius 3 is 2.35 bits per heavy atom. The van der Waals surface area contributed by atoms with Crippen molar-refractivity contribution in [1.82, 2.24) is 19.6 Å². The van der Waals surface area contributed by atoms with Crippen LogP contribution in [0.1, 0.15) is 30.9 Å². The molecule has 1 saturated carbocycles. The highest BCUT2D eigenvalue weighted by Crippen LogP contribution is 2.30. The van der Waals surface area contributed by atoms with Crippen LogP contribution in [-0.2, 0) is 19.5 Å². The van der Waals surface area contributed by atoms with E-state index < -0.39 is 0 Å². The standard InChI is InChI=1S/C13H18N4/c1-2-16-9-12(6-14-16)5-13-7-15-17(10-13)8-11-3-4-11/h6-7,9-11H,2-5,8H2,1H3. The molecule has 0 N–H and O–H groups in total. The topological polar surface area (TPSA) is 35.6 Å². The minimum absolute atomic E-state index is 0.880. The van der Waals surface area contributed by atoms with E-state index in [0.717, 1.165) is 25.4 Å². The summed E-state index contributed by atoms with van der Waals surface area (Å²) in [4.78, 5) is 0. The molecule has 0 aliphatic heterocycles. The number of nitrogens with zero attached hydrogens (tertiary/aromatic N) is 4. The number of aromatic nitrogens is 4. The molecule has 90 valence electrons. The molecule has 0 aromatic carbocycles. The van der Waals surface area contributed by atoms with Crippen LogP contribution in [0.4, 0.5) is 0 Å². The first-order valence-electron chi connectivity index (χ1n) is 6.36. The van der Waals surface area contributed by atoms with E-state index in [1.807, 2.05) is 17.1 Å². The van der Waals surface area contributed by atoms with Gasteiger partial charge in [0.1, 0.15) is 0 Å². The molecule has 0 radical (unpaired) electrons. The third-order valence-electron chi connectivity index (χ3n) is 3.25. The minimum Gasteiger partial charge on any atom is -0.273 e. The zero-order valence-electron chi connectivity index (χ0n) is 10.2. The first-order chi connectivity index (χ1) is 8.33. The summed E-state index contributed by atoms with van der Waals surface area (Å²) >= 11 is 0. The van der Waals surface area contributed by atoms with Gasteiger partial charge in [0.2, 0.25) is 0 Å². The first kappa shape index (κ1) is 10.6. The van der Waals surface area contributed by atoms with Crippen molar-refractivity contribution in [3.63, 3.8) is 0 Å². The van der Waals surface area contributed by atoms with E-state index in [4.69, 9.17) is 0 Å². The van der Waals surface area contributed by atoms with Gasteiger partial charge >= 0.3 is 0 Å². The molecule has 2 aromatic heterocycles. The highest BCUT2D eigenvalue weighted by molar-refractivity contribution is 5.17. The minimum atomic E-state index is 0.880. The van der Waals surface area contributed by atoms with Crippen molar-refractivity contribution in [2.45, 2.75) is 39.3 Å². The molecule has 4 nitrogen and oxygen atoms in total. The summed E-state index contributed by atoms with van der Waals surface area (Å²) < 4.78 is 4.04. The van der Waals surface area contributed by atoms with Crippen molar-refractivity contribution in [2.24, 2.45) is 5.92 Å². The van der Waals surface area contributed by atoms with Crippen LogP contribution in [0.3, 0.4) is 0 Å². The van der Waals surface area contributed by atoms with Crippen LogP contribution in [0, 0.1) is 5.92 Å². The second-order valence-corrected chi connectivity index (χ2v) is 4.90. The van der Waals surface area contributed by atoms with Crippen LogP contribution in [0.2, 0.25) is 0 Å². The molecule has 0 atom stereocenters. The predicted octanol–water partition coefficient (Wildman–Crippen LogP) is 2.10. The SMILES string of the molecule is CCn1cc(Cc2cnn(CC3CC3)c2)cn1. The molecule has 0 amide bonds. The van der Waals surface area contributed by atoms with Crippen molar-refractivity contribution in [2.75, 3.05) is 0 Å². The van der Waals surface area contributed by atoms with Gasteiger partial charge in [0.05, 0.1) is 12.4 Å². The Labute approximate surface area is 101 Å². The van der Waals surface area contributed by atoms with Crippen molar-refractivity contribution in [3.8, 4) is 0 Å². The van der Waals surface area contributed by atoms with Crippen molar-refractivity contribution in [3.05, 3.63) is 35.9 Å². The molecule has 3 rings (SSSR count). The first-order valence-corrected chi connectivity index (χ1v) is 6.36. The molecule has 0 spiro atoms. The lowest BCUT2D eigenvalue weighted by atomic mass is 10.2. The third kappa shape index (κ3) is 2.57. The van der Waals surface area contributed by atoms with Gasteiger partial charge in [0.15, 0.2) is 0 Å². The number of hydrogen-bond donors (Lipinski definition) is 0. The van der Waals surface area contributed by atoms with Crippen LogP contribution >= 0.6 is 0 Å². The van der Waals surface area contributed by atoms with E-state index in [2.05, 4.69) is 34.2 Å². The highest BCUT2D eigenvalue weighted by atomic mass is 15.3. The molecule has 2 aromatic rings. The lowest BCUT2D eigenvalue weighted by Crippen LogP contribution is -1.99. The fourth-order valence-electron chi connectivity index (χ4n) is 2.07. The van der Waals surface area contributed by atoms with Crippen molar-refractivity contribution < 1.29 is 0 Å². The fourth-order valence-corrected chi connectivity index (χ4v) is 2.07. The van der Waals surface area contributed by atoms with Gasteiger partial charge in [-0.25, -0.2) is 0 Å². The van der Waals surface area contributed by atoms with E-state index in [9.17, 15) is 0 Å². The maximum absolute atomic E-state index is 4.41. The second-order valence-electron chi connectivity index (χ2n) is 4.90. The Hall–Kier alpha value is -1.58. The molecule has 1 fully saturated rings. The summed E-state index contributed by atoms with van der Waals surface area (Å²) in [5.41, 5.74) is 2.54. The van der Waals surface area contributed by atoms with E-state index in [1.54, 1.807) is 0 Å². The van der Waals surface area contributed by atoms with Crippen molar-refractivity contribution >= 4 is 0 Å². The quantitative estimate of drug-likeness (QED) is 0.788. The fraction of sp³-hybridized carbons (Fsp3) is 0.538. The van der Waals surface area contributed by atoms with Gasteiger partial charge in [0, 0.05) is 31.9 Å². The molecule has 17 heavy (non-hydrogen) atoms. The Bertz CT molecular complexity index is 493. The van der Waals surface area contributed by atoms with Crippen LogP contribution in [0.5, 0.6) is 0 Å². The Morgan fingerprint density at radius 1 is 1.12 bits per heavy atom. The third-order valence-corrected chi connectivity index (χ3v) is 3.25. The highest BCUT2D eigenvalue weighted by Gasteiger charge is 2.21. The molecule has 0 unspecified atom stereocenters. The summed E-state index contributed by atoms with van der Waals surface area (Å²) in [6.07, 6.45) is 11.9. The van der Waals surface area contributed by atoms with Gasteiger partial charge in [-0.2, -0.15) is 10.2 Å². The van der Waals surface area contributed by atoms with Crippen LogP contribution < -0.4 is 0 Å². The second kappa shape index (κ2) is 4.35. The van der Waals surface area contributed by atoms with Crippen LogP contribution in [0.25, 0.3) is 0 Å². The monoisotopic (exact) mass is 230 g/mol. The van der Waals surface area contributed by atoms with Crippen molar-refractivity contribution in [1.29, 1.82) is 0 Å². The molecular formula is C13H18N4. The Morgan fingerprint density at radius 2 is 1.76 bits per heavy atom. The smallest absolute Gasteiger partial charge is 0.0525 e. The summed E-state index contributed by atoms with van der Waals surface area (Å²) in [6, 6.07) is 0. The summed E-state index contributed by atoms with van der Waals surface area (Å²) in [6.45, 7) is 4.12. The van der Waals surface area contributed by atoms with Gasteiger partial charge in [-0.1, -0.05) is 0 Å². The summed E-state index contributed by atoms with van der Waals surface area (Å²) in [7, 11) is 0. The van der Waals surface area contributed by atoms with Gasteiger partial charge in [0.25, 0.3) is 0 Å². The molecular weight excluding hydrogens is 212 g/mol. The van der Waals surface area contributed by atoms with Crippen LogP contribution in [0.15, 0.2) is 24.8 Å². The Kier molecular flexibility index (Phi) is 2.71. The summed E-state index contributed by atoms with van der Waals surface area (Å²) in [5, 5.41) is 8.69.